The van der Waals surface area contributed by atoms with Crippen molar-refractivity contribution in [3.05, 3.63) is 35.2 Å². The largest absolute Gasteiger partial charge is 0.350 e. The molecule has 0 saturated heterocycles. The quantitative estimate of drug-likeness (QED) is 0.909. The molecule has 1 aromatic carbocycles. The van der Waals surface area contributed by atoms with Gasteiger partial charge in [-0.15, -0.1) is 0 Å². The summed E-state index contributed by atoms with van der Waals surface area (Å²) in [6.45, 7) is 6.50. The lowest BCUT2D eigenvalue weighted by Gasteiger charge is -2.22. The van der Waals surface area contributed by atoms with E-state index in [1.807, 2.05) is 44.9 Å². The lowest BCUT2D eigenvalue weighted by molar-refractivity contribution is -0.123. The van der Waals surface area contributed by atoms with Crippen molar-refractivity contribution < 1.29 is 9.32 Å². The SMILES string of the molecule is CN(CC(=O)NC(C)(C)C)Cc1nc(-c2ccc(Cl)cc2)no1. The molecule has 0 fully saturated rings. The smallest absolute Gasteiger partial charge is 0.241 e. The molecule has 1 N–H and O–H groups in total. The van der Waals surface area contributed by atoms with Gasteiger partial charge in [0.15, 0.2) is 0 Å². The maximum atomic E-state index is 11.9. The van der Waals surface area contributed by atoms with Crippen molar-refractivity contribution in [1.82, 2.24) is 20.4 Å². The first-order chi connectivity index (χ1) is 10.7. The fraction of sp³-hybridized carbons (Fsp3) is 0.438. The molecule has 0 aliphatic rings. The highest BCUT2D eigenvalue weighted by atomic mass is 35.5. The number of amides is 1. The van der Waals surface area contributed by atoms with Crippen LogP contribution in [0, 0.1) is 0 Å². The highest BCUT2D eigenvalue weighted by molar-refractivity contribution is 6.30. The average molecular weight is 337 g/mol. The van der Waals surface area contributed by atoms with Gasteiger partial charge in [-0.3, -0.25) is 9.69 Å². The van der Waals surface area contributed by atoms with Gasteiger partial charge in [0, 0.05) is 16.1 Å². The highest BCUT2D eigenvalue weighted by Gasteiger charge is 2.17. The topological polar surface area (TPSA) is 71.3 Å². The molecule has 0 spiro atoms. The Balaban J connectivity index is 1.93. The van der Waals surface area contributed by atoms with Gasteiger partial charge in [-0.1, -0.05) is 16.8 Å². The third-order valence-corrected chi connectivity index (χ3v) is 3.16. The molecule has 0 radical (unpaired) electrons. The molecule has 0 aliphatic heterocycles. The second-order valence-corrected chi connectivity index (χ2v) is 6.93. The first-order valence-corrected chi connectivity index (χ1v) is 7.69. The number of hydrogen-bond acceptors (Lipinski definition) is 5. The Kier molecular flexibility index (Phi) is 5.38. The van der Waals surface area contributed by atoms with Gasteiger partial charge in [-0.2, -0.15) is 4.98 Å². The van der Waals surface area contributed by atoms with Crippen molar-refractivity contribution in [1.29, 1.82) is 0 Å². The molecule has 1 amide bonds. The zero-order chi connectivity index (χ0) is 17.0. The third-order valence-electron chi connectivity index (χ3n) is 2.90. The molecule has 1 heterocycles. The average Bonchev–Trinajstić information content (AvgIpc) is 2.85. The van der Waals surface area contributed by atoms with Gasteiger partial charge in [0.1, 0.15) is 0 Å². The standard InChI is InChI=1S/C16H21ClN4O2/c1-16(2,3)19-13(22)9-21(4)10-14-18-15(20-23-14)11-5-7-12(17)8-6-11/h5-8H,9-10H2,1-4H3,(H,19,22). The molecule has 6 nitrogen and oxygen atoms in total. The fourth-order valence-electron chi connectivity index (χ4n) is 2.03. The van der Waals surface area contributed by atoms with Gasteiger partial charge in [-0.05, 0) is 52.1 Å². The van der Waals surface area contributed by atoms with E-state index in [-0.39, 0.29) is 18.0 Å². The molecule has 0 unspecified atom stereocenters. The lowest BCUT2D eigenvalue weighted by Crippen LogP contribution is -2.45. The maximum absolute atomic E-state index is 11.9. The van der Waals surface area contributed by atoms with Gasteiger partial charge in [0.25, 0.3) is 0 Å². The van der Waals surface area contributed by atoms with Crippen LogP contribution in [0.3, 0.4) is 0 Å². The van der Waals surface area contributed by atoms with Crippen LogP contribution in [0.5, 0.6) is 0 Å². The van der Waals surface area contributed by atoms with E-state index in [4.69, 9.17) is 16.1 Å². The van der Waals surface area contributed by atoms with Crippen LogP contribution in [-0.4, -0.2) is 40.1 Å². The number of rotatable bonds is 5. The summed E-state index contributed by atoms with van der Waals surface area (Å²) < 4.78 is 5.23. The van der Waals surface area contributed by atoms with E-state index in [0.717, 1.165) is 5.56 Å². The first kappa shape index (κ1) is 17.4. The van der Waals surface area contributed by atoms with E-state index >= 15 is 0 Å². The van der Waals surface area contributed by atoms with Crippen molar-refractivity contribution in [3.63, 3.8) is 0 Å². The number of aromatic nitrogens is 2. The minimum absolute atomic E-state index is 0.0440. The van der Waals surface area contributed by atoms with Crippen LogP contribution in [0.25, 0.3) is 11.4 Å². The van der Waals surface area contributed by atoms with E-state index in [1.54, 1.807) is 12.1 Å². The van der Waals surface area contributed by atoms with Crippen LogP contribution >= 0.6 is 11.6 Å². The lowest BCUT2D eigenvalue weighted by atomic mass is 10.1. The third kappa shape index (κ3) is 5.65. The fourth-order valence-corrected chi connectivity index (χ4v) is 2.15. The Morgan fingerprint density at radius 3 is 2.57 bits per heavy atom. The van der Waals surface area contributed by atoms with Gasteiger partial charge < -0.3 is 9.84 Å². The van der Waals surface area contributed by atoms with Crippen LogP contribution in [-0.2, 0) is 11.3 Å². The summed E-state index contributed by atoms with van der Waals surface area (Å²) in [6, 6.07) is 7.21. The first-order valence-electron chi connectivity index (χ1n) is 7.31. The van der Waals surface area contributed by atoms with E-state index < -0.39 is 0 Å². The molecule has 23 heavy (non-hydrogen) atoms. The molecule has 2 aromatic rings. The molecule has 2 rings (SSSR count). The summed E-state index contributed by atoms with van der Waals surface area (Å²) in [5.41, 5.74) is 0.585. The van der Waals surface area contributed by atoms with Crippen LogP contribution in [0.4, 0.5) is 0 Å². The van der Waals surface area contributed by atoms with E-state index in [1.165, 1.54) is 0 Å². The monoisotopic (exact) mass is 336 g/mol. The Bertz CT molecular complexity index is 661. The van der Waals surface area contributed by atoms with Crippen molar-refractivity contribution in [3.8, 4) is 11.4 Å². The van der Waals surface area contributed by atoms with E-state index in [0.29, 0.717) is 23.3 Å². The van der Waals surface area contributed by atoms with Crippen LogP contribution in [0.1, 0.15) is 26.7 Å². The molecular formula is C16H21ClN4O2. The highest BCUT2D eigenvalue weighted by Crippen LogP contribution is 2.18. The number of halogens is 1. The molecule has 1 aromatic heterocycles. The second-order valence-electron chi connectivity index (χ2n) is 6.49. The summed E-state index contributed by atoms with van der Waals surface area (Å²) in [6.07, 6.45) is 0. The Morgan fingerprint density at radius 2 is 1.96 bits per heavy atom. The minimum atomic E-state index is -0.246. The van der Waals surface area contributed by atoms with Crippen molar-refractivity contribution in [2.75, 3.05) is 13.6 Å². The number of nitrogens with zero attached hydrogens (tertiary/aromatic N) is 3. The van der Waals surface area contributed by atoms with E-state index in [9.17, 15) is 4.79 Å². The maximum Gasteiger partial charge on any atom is 0.241 e. The van der Waals surface area contributed by atoms with Gasteiger partial charge in [-0.25, -0.2) is 0 Å². The minimum Gasteiger partial charge on any atom is -0.350 e. The molecule has 0 atom stereocenters. The number of carbonyl (C=O) groups is 1. The van der Waals surface area contributed by atoms with Crippen molar-refractivity contribution in [2.45, 2.75) is 32.9 Å². The van der Waals surface area contributed by atoms with Crippen LogP contribution in [0.2, 0.25) is 5.02 Å². The second kappa shape index (κ2) is 7.10. The zero-order valence-electron chi connectivity index (χ0n) is 13.8. The number of likely N-dealkylation sites (N-methyl/N-ethyl adjacent to an activating group) is 1. The molecule has 0 saturated carbocycles. The van der Waals surface area contributed by atoms with Gasteiger partial charge >= 0.3 is 0 Å². The number of hydrogen-bond donors (Lipinski definition) is 1. The summed E-state index contributed by atoms with van der Waals surface area (Å²) in [5, 5.41) is 7.52. The molecular weight excluding hydrogens is 316 g/mol. The zero-order valence-corrected chi connectivity index (χ0v) is 14.5. The predicted octanol–water partition coefficient (Wildman–Crippen LogP) is 2.74. The molecule has 0 aliphatic carbocycles. The van der Waals surface area contributed by atoms with Crippen molar-refractivity contribution >= 4 is 17.5 Å². The summed E-state index contributed by atoms with van der Waals surface area (Å²) in [4.78, 5) is 18.0. The van der Waals surface area contributed by atoms with Crippen LogP contribution < -0.4 is 5.32 Å². The Hall–Kier alpha value is -1.92. The van der Waals surface area contributed by atoms with Crippen LogP contribution in [0.15, 0.2) is 28.8 Å². The Labute approximate surface area is 140 Å². The summed E-state index contributed by atoms with van der Waals surface area (Å²) in [7, 11) is 1.83. The number of carbonyl (C=O) groups excluding carboxylic acids is 1. The molecule has 7 heteroatoms. The van der Waals surface area contributed by atoms with E-state index in [2.05, 4.69) is 15.5 Å². The van der Waals surface area contributed by atoms with Gasteiger partial charge in [0.05, 0.1) is 13.1 Å². The molecule has 0 bridgehead atoms. The van der Waals surface area contributed by atoms with Crippen molar-refractivity contribution in [2.24, 2.45) is 0 Å². The predicted molar refractivity (Wildman–Crippen MR) is 89.0 cm³/mol. The number of nitrogens with one attached hydrogen (secondary N) is 1. The summed E-state index contributed by atoms with van der Waals surface area (Å²) in [5.74, 6) is 0.919. The Morgan fingerprint density at radius 1 is 1.30 bits per heavy atom. The van der Waals surface area contributed by atoms with Gasteiger partial charge in [0.2, 0.25) is 17.6 Å². The summed E-state index contributed by atoms with van der Waals surface area (Å²) >= 11 is 5.86. The molecule has 124 valence electrons. The normalized spacial score (nSPS) is 11.7. The number of benzene rings is 1.